The number of nitrogens with two attached hydrogens (primary N) is 1. The minimum absolute atomic E-state index is 0.222. The number of hydrogen-bond donors (Lipinski definition) is 2. The highest BCUT2D eigenvalue weighted by atomic mass is 32.1. The molecule has 122 valence electrons. The molecule has 0 saturated carbocycles. The van der Waals surface area contributed by atoms with Gasteiger partial charge in [0.2, 0.25) is 5.91 Å². The van der Waals surface area contributed by atoms with Crippen molar-refractivity contribution in [1.29, 1.82) is 0 Å². The SMILES string of the molecule is NCC(F)(F)CNC(=O)C1CCCCN1C(=O)c1cccs1. The van der Waals surface area contributed by atoms with Gasteiger partial charge in [-0.15, -0.1) is 11.3 Å². The van der Waals surface area contributed by atoms with Crippen molar-refractivity contribution in [2.45, 2.75) is 31.2 Å². The smallest absolute Gasteiger partial charge is 0.277 e. The lowest BCUT2D eigenvalue weighted by Crippen LogP contribution is -2.54. The number of alkyl halides is 2. The van der Waals surface area contributed by atoms with Crippen LogP contribution in [0.5, 0.6) is 0 Å². The predicted molar refractivity (Wildman–Crippen MR) is 80.0 cm³/mol. The quantitative estimate of drug-likeness (QED) is 0.857. The Balaban J connectivity index is 2.03. The van der Waals surface area contributed by atoms with E-state index in [0.717, 1.165) is 12.8 Å². The maximum atomic E-state index is 13.1. The van der Waals surface area contributed by atoms with Crippen molar-refractivity contribution >= 4 is 23.2 Å². The van der Waals surface area contributed by atoms with Crippen LogP contribution >= 0.6 is 11.3 Å². The Bertz CT molecular complexity index is 522. The summed E-state index contributed by atoms with van der Waals surface area (Å²) in [4.78, 5) is 26.6. The van der Waals surface area contributed by atoms with Gasteiger partial charge in [-0.25, -0.2) is 8.78 Å². The number of carbonyl (C=O) groups excluding carboxylic acids is 2. The Morgan fingerprint density at radius 1 is 1.45 bits per heavy atom. The van der Waals surface area contributed by atoms with E-state index in [0.29, 0.717) is 17.8 Å². The van der Waals surface area contributed by atoms with Gasteiger partial charge < -0.3 is 16.0 Å². The van der Waals surface area contributed by atoms with Gasteiger partial charge >= 0.3 is 0 Å². The van der Waals surface area contributed by atoms with Gasteiger partial charge in [0.15, 0.2) is 0 Å². The van der Waals surface area contributed by atoms with Crippen molar-refractivity contribution in [2.24, 2.45) is 5.73 Å². The fraction of sp³-hybridized carbons (Fsp3) is 0.571. The second kappa shape index (κ2) is 7.15. The summed E-state index contributed by atoms with van der Waals surface area (Å²) in [6.45, 7) is -1.17. The number of piperidine rings is 1. The summed E-state index contributed by atoms with van der Waals surface area (Å²) in [6, 6.07) is 2.76. The largest absolute Gasteiger partial charge is 0.348 e. The van der Waals surface area contributed by atoms with E-state index < -0.39 is 31.0 Å². The van der Waals surface area contributed by atoms with Crippen LogP contribution in [-0.4, -0.2) is 48.3 Å². The molecule has 2 amide bonds. The molecule has 1 aliphatic heterocycles. The minimum Gasteiger partial charge on any atom is -0.348 e. The summed E-state index contributed by atoms with van der Waals surface area (Å²) >= 11 is 1.30. The van der Waals surface area contributed by atoms with Crippen LogP contribution in [0.25, 0.3) is 0 Å². The fourth-order valence-corrected chi connectivity index (χ4v) is 3.07. The van der Waals surface area contributed by atoms with Crippen LogP contribution in [0, 0.1) is 0 Å². The van der Waals surface area contributed by atoms with Gasteiger partial charge in [-0.3, -0.25) is 9.59 Å². The van der Waals surface area contributed by atoms with E-state index >= 15 is 0 Å². The number of rotatable bonds is 5. The highest BCUT2D eigenvalue weighted by molar-refractivity contribution is 7.12. The summed E-state index contributed by atoms with van der Waals surface area (Å²) < 4.78 is 26.3. The van der Waals surface area contributed by atoms with Gasteiger partial charge in [0.25, 0.3) is 11.8 Å². The number of carbonyl (C=O) groups is 2. The van der Waals surface area contributed by atoms with Crippen LogP contribution < -0.4 is 11.1 Å². The molecule has 22 heavy (non-hydrogen) atoms. The number of hydrogen-bond acceptors (Lipinski definition) is 4. The first-order chi connectivity index (χ1) is 10.4. The lowest BCUT2D eigenvalue weighted by Gasteiger charge is -2.34. The molecule has 1 saturated heterocycles. The second-order valence-corrected chi connectivity index (χ2v) is 6.21. The zero-order chi connectivity index (χ0) is 16.2. The van der Waals surface area contributed by atoms with E-state index in [1.54, 1.807) is 17.5 Å². The third kappa shape index (κ3) is 4.01. The minimum atomic E-state index is -3.13. The molecular weight excluding hydrogens is 312 g/mol. The molecule has 0 spiro atoms. The molecule has 2 rings (SSSR count). The molecule has 1 aromatic heterocycles. The topological polar surface area (TPSA) is 75.4 Å². The Hall–Kier alpha value is -1.54. The zero-order valence-electron chi connectivity index (χ0n) is 12.1. The molecule has 1 aliphatic rings. The average molecular weight is 331 g/mol. The van der Waals surface area contributed by atoms with Crippen LogP contribution in [0.3, 0.4) is 0 Å². The van der Waals surface area contributed by atoms with Crippen molar-refractivity contribution in [1.82, 2.24) is 10.2 Å². The molecule has 3 N–H and O–H groups in total. The van der Waals surface area contributed by atoms with E-state index in [4.69, 9.17) is 5.73 Å². The molecule has 0 aromatic carbocycles. The monoisotopic (exact) mass is 331 g/mol. The summed E-state index contributed by atoms with van der Waals surface area (Å²) in [5.41, 5.74) is 4.95. The highest BCUT2D eigenvalue weighted by Crippen LogP contribution is 2.22. The molecular formula is C14H19F2N3O2S. The number of nitrogens with one attached hydrogen (secondary N) is 1. The van der Waals surface area contributed by atoms with Gasteiger partial charge in [-0.1, -0.05) is 6.07 Å². The lowest BCUT2D eigenvalue weighted by molar-refractivity contribution is -0.128. The summed E-state index contributed by atoms with van der Waals surface area (Å²) in [6.07, 6.45) is 2.08. The van der Waals surface area contributed by atoms with Crippen molar-refractivity contribution in [3.63, 3.8) is 0 Å². The zero-order valence-corrected chi connectivity index (χ0v) is 12.9. The molecule has 0 radical (unpaired) electrons. The van der Waals surface area contributed by atoms with E-state index in [1.165, 1.54) is 16.2 Å². The van der Waals surface area contributed by atoms with Crippen LogP contribution in [0.4, 0.5) is 8.78 Å². The third-order valence-electron chi connectivity index (χ3n) is 3.62. The first-order valence-electron chi connectivity index (χ1n) is 7.15. The molecule has 1 aromatic rings. The lowest BCUT2D eigenvalue weighted by atomic mass is 10.0. The van der Waals surface area contributed by atoms with Crippen LogP contribution in [-0.2, 0) is 4.79 Å². The van der Waals surface area contributed by atoms with Gasteiger partial charge in [0.1, 0.15) is 6.04 Å². The standard InChI is InChI=1S/C14H19F2N3O2S/c15-14(16,8-17)9-18-12(20)10-4-1-2-6-19(10)13(21)11-5-3-7-22-11/h3,5,7,10H,1-2,4,6,8-9,17H2,(H,18,20). The normalized spacial score (nSPS) is 19.0. The average Bonchev–Trinajstić information content (AvgIpc) is 3.06. The highest BCUT2D eigenvalue weighted by Gasteiger charge is 2.35. The molecule has 0 aliphatic carbocycles. The molecule has 0 bridgehead atoms. The number of likely N-dealkylation sites (tertiary alicyclic amines) is 1. The molecule has 1 fully saturated rings. The van der Waals surface area contributed by atoms with Gasteiger partial charge in [-0.2, -0.15) is 0 Å². The first-order valence-corrected chi connectivity index (χ1v) is 8.02. The Kier molecular flexibility index (Phi) is 5.47. The maximum absolute atomic E-state index is 13.1. The third-order valence-corrected chi connectivity index (χ3v) is 4.48. The van der Waals surface area contributed by atoms with Gasteiger partial charge in [0.05, 0.1) is 18.0 Å². The van der Waals surface area contributed by atoms with Crippen LogP contribution in [0.15, 0.2) is 17.5 Å². The summed E-state index contributed by atoms with van der Waals surface area (Å²) in [7, 11) is 0. The van der Waals surface area contributed by atoms with Crippen molar-refractivity contribution in [2.75, 3.05) is 19.6 Å². The Morgan fingerprint density at radius 3 is 2.86 bits per heavy atom. The van der Waals surface area contributed by atoms with E-state index in [1.807, 2.05) is 0 Å². The van der Waals surface area contributed by atoms with Gasteiger partial charge in [-0.05, 0) is 30.7 Å². The van der Waals surface area contributed by atoms with E-state index in [2.05, 4.69) is 5.32 Å². The Labute approximate surface area is 131 Å². The summed E-state index contributed by atoms with van der Waals surface area (Å²) in [5, 5.41) is 4.00. The molecule has 1 unspecified atom stereocenters. The number of nitrogens with zero attached hydrogens (tertiary/aromatic N) is 1. The Morgan fingerprint density at radius 2 is 2.23 bits per heavy atom. The van der Waals surface area contributed by atoms with E-state index in [-0.39, 0.29) is 5.91 Å². The predicted octanol–water partition coefficient (Wildman–Crippen LogP) is 1.45. The van der Waals surface area contributed by atoms with Gasteiger partial charge in [0, 0.05) is 6.54 Å². The van der Waals surface area contributed by atoms with Crippen molar-refractivity contribution in [3.05, 3.63) is 22.4 Å². The molecule has 5 nitrogen and oxygen atoms in total. The van der Waals surface area contributed by atoms with E-state index in [9.17, 15) is 18.4 Å². The summed E-state index contributed by atoms with van der Waals surface area (Å²) in [5.74, 6) is -3.90. The molecule has 8 heteroatoms. The second-order valence-electron chi connectivity index (χ2n) is 5.27. The number of thiophene rings is 1. The number of amides is 2. The van der Waals surface area contributed by atoms with Crippen molar-refractivity contribution < 1.29 is 18.4 Å². The maximum Gasteiger partial charge on any atom is 0.277 e. The number of halogens is 2. The molecule has 2 heterocycles. The van der Waals surface area contributed by atoms with Crippen LogP contribution in [0.2, 0.25) is 0 Å². The van der Waals surface area contributed by atoms with Crippen LogP contribution in [0.1, 0.15) is 28.9 Å². The molecule has 1 atom stereocenters. The fourth-order valence-electron chi connectivity index (χ4n) is 2.40. The van der Waals surface area contributed by atoms with Crippen molar-refractivity contribution in [3.8, 4) is 0 Å². The first kappa shape index (κ1) is 16.8.